The molecule has 1 unspecified atom stereocenters. The molecule has 0 rings (SSSR count). The third-order valence-electron chi connectivity index (χ3n) is 1.55. The summed E-state index contributed by atoms with van der Waals surface area (Å²) in [5.41, 5.74) is 0. The molecule has 0 amide bonds. The van der Waals surface area contributed by atoms with Crippen molar-refractivity contribution >= 4 is 29.2 Å². The van der Waals surface area contributed by atoms with E-state index in [0.717, 1.165) is 19.3 Å². The molecule has 0 aromatic carbocycles. The Kier molecular flexibility index (Phi) is 7.10. The van der Waals surface area contributed by atoms with E-state index in [4.69, 9.17) is 27.9 Å². The lowest BCUT2D eigenvalue weighted by molar-refractivity contribution is -0.145. The SMILES string of the molecule is C=CC(CCCC)OC(=O)C(Cl)Cl. The van der Waals surface area contributed by atoms with E-state index in [0.29, 0.717) is 0 Å². The molecule has 0 aliphatic heterocycles. The Hall–Kier alpha value is -0.210. The van der Waals surface area contributed by atoms with Gasteiger partial charge in [0.05, 0.1) is 0 Å². The van der Waals surface area contributed by atoms with E-state index in [-0.39, 0.29) is 6.10 Å². The maximum atomic E-state index is 10.9. The summed E-state index contributed by atoms with van der Waals surface area (Å²) in [5.74, 6) is -0.607. The third-order valence-corrected chi connectivity index (χ3v) is 1.91. The second-order valence-corrected chi connectivity index (χ2v) is 3.75. The van der Waals surface area contributed by atoms with E-state index in [9.17, 15) is 4.79 Å². The predicted molar refractivity (Wildman–Crippen MR) is 55.1 cm³/mol. The van der Waals surface area contributed by atoms with Crippen molar-refractivity contribution in [1.82, 2.24) is 0 Å². The predicted octanol–water partition coefficient (Wildman–Crippen LogP) is 3.08. The Bertz CT molecular complexity index is 169. The minimum Gasteiger partial charge on any atom is -0.456 e. The van der Waals surface area contributed by atoms with Crippen molar-refractivity contribution in [1.29, 1.82) is 0 Å². The fraction of sp³-hybridized carbons (Fsp3) is 0.667. The molecule has 0 saturated carbocycles. The maximum absolute atomic E-state index is 10.9. The van der Waals surface area contributed by atoms with Crippen LogP contribution in [-0.4, -0.2) is 16.9 Å². The van der Waals surface area contributed by atoms with Gasteiger partial charge in [-0.1, -0.05) is 49.2 Å². The van der Waals surface area contributed by atoms with Crippen molar-refractivity contribution in [3.8, 4) is 0 Å². The fourth-order valence-electron chi connectivity index (χ4n) is 0.831. The Morgan fingerprint density at radius 1 is 1.62 bits per heavy atom. The maximum Gasteiger partial charge on any atom is 0.340 e. The number of esters is 1. The van der Waals surface area contributed by atoms with Gasteiger partial charge in [0.25, 0.3) is 0 Å². The zero-order valence-electron chi connectivity index (χ0n) is 7.63. The van der Waals surface area contributed by atoms with Crippen LogP contribution in [0.2, 0.25) is 0 Å². The largest absolute Gasteiger partial charge is 0.456 e. The van der Waals surface area contributed by atoms with Gasteiger partial charge >= 0.3 is 5.97 Å². The lowest BCUT2D eigenvalue weighted by Crippen LogP contribution is -2.20. The van der Waals surface area contributed by atoms with Crippen LogP contribution in [0.3, 0.4) is 0 Å². The molecule has 0 bridgehead atoms. The number of ether oxygens (including phenoxy) is 1. The van der Waals surface area contributed by atoms with Gasteiger partial charge in [0.2, 0.25) is 4.84 Å². The molecule has 0 spiro atoms. The fourth-order valence-corrected chi connectivity index (χ4v) is 0.934. The van der Waals surface area contributed by atoms with Gasteiger partial charge in [-0.15, -0.1) is 0 Å². The van der Waals surface area contributed by atoms with Crippen molar-refractivity contribution < 1.29 is 9.53 Å². The van der Waals surface area contributed by atoms with Gasteiger partial charge in [-0.05, 0) is 12.8 Å². The molecule has 0 N–H and O–H groups in total. The molecule has 0 aliphatic rings. The van der Waals surface area contributed by atoms with Gasteiger partial charge < -0.3 is 4.74 Å². The molecular formula is C9H14Cl2O2. The third kappa shape index (κ3) is 5.94. The summed E-state index contributed by atoms with van der Waals surface area (Å²) >= 11 is 10.6. The lowest BCUT2D eigenvalue weighted by Gasteiger charge is -2.13. The first kappa shape index (κ1) is 12.8. The molecule has 0 saturated heterocycles. The first-order valence-electron chi connectivity index (χ1n) is 4.23. The zero-order valence-corrected chi connectivity index (χ0v) is 9.14. The molecule has 0 aromatic rings. The van der Waals surface area contributed by atoms with E-state index in [2.05, 4.69) is 13.5 Å². The zero-order chi connectivity index (χ0) is 10.3. The van der Waals surface area contributed by atoms with Crippen molar-refractivity contribution in [3.63, 3.8) is 0 Å². The summed E-state index contributed by atoms with van der Waals surface area (Å²) in [6, 6.07) is 0. The van der Waals surface area contributed by atoms with Crippen molar-refractivity contribution in [2.45, 2.75) is 37.1 Å². The van der Waals surface area contributed by atoms with Crippen LogP contribution >= 0.6 is 23.2 Å². The molecule has 1 atom stereocenters. The number of hydrogen-bond acceptors (Lipinski definition) is 2. The van der Waals surface area contributed by atoms with E-state index < -0.39 is 10.8 Å². The smallest absolute Gasteiger partial charge is 0.340 e. The molecule has 76 valence electrons. The van der Waals surface area contributed by atoms with Crippen LogP contribution in [0.25, 0.3) is 0 Å². The molecular weight excluding hydrogens is 211 g/mol. The number of carbonyl (C=O) groups excluding carboxylic acids is 1. The number of unbranched alkanes of at least 4 members (excludes halogenated alkanes) is 1. The topological polar surface area (TPSA) is 26.3 Å². The summed E-state index contributed by atoms with van der Waals surface area (Å²) < 4.78 is 4.94. The van der Waals surface area contributed by atoms with Crippen LogP contribution in [0, 0.1) is 0 Å². The van der Waals surface area contributed by atoms with Gasteiger partial charge in [-0.25, -0.2) is 4.79 Å². The van der Waals surface area contributed by atoms with Gasteiger partial charge in [-0.2, -0.15) is 0 Å². The highest BCUT2D eigenvalue weighted by Gasteiger charge is 2.16. The average Bonchev–Trinajstić information content (AvgIpc) is 2.11. The Labute approximate surface area is 88.9 Å². The van der Waals surface area contributed by atoms with E-state index in [1.165, 1.54) is 0 Å². The summed E-state index contributed by atoms with van der Waals surface area (Å²) in [6.45, 7) is 5.63. The molecule has 4 heteroatoms. The van der Waals surface area contributed by atoms with Crippen molar-refractivity contribution in [2.75, 3.05) is 0 Å². The summed E-state index contributed by atoms with van der Waals surface area (Å²) in [4.78, 5) is 9.83. The van der Waals surface area contributed by atoms with Crippen LogP contribution in [0.4, 0.5) is 0 Å². The van der Waals surface area contributed by atoms with Crippen LogP contribution in [0.15, 0.2) is 12.7 Å². The minimum absolute atomic E-state index is 0.271. The average molecular weight is 225 g/mol. The molecule has 2 nitrogen and oxygen atoms in total. The van der Waals surface area contributed by atoms with Gasteiger partial charge in [0.15, 0.2) is 0 Å². The van der Waals surface area contributed by atoms with Crippen molar-refractivity contribution in [3.05, 3.63) is 12.7 Å². The van der Waals surface area contributed by atoms with E-state index in [1.807, 2.05) is 0 Å². The van der Waals surface area contributed by atoms with Crippen LogP contribution < -0.4 is 0 Å². The Morgan fingerprint density at radius 3 is 2.62 bits per heavy atom. The van der Waals surface area contributed by atoms with Gasteiger partial charge in [-0.3, -0.25) is 0 Å². The molecule has 0 radical (unpaired) electrons. The quantitative estimate of drug-likeness (QED) is 0.394. The number of hydrogen-bond donors (Lipinski definition) is 0. The molecule has 13 heavy (non-hydrogen) atoms. The monoisotopic (exact) mass is 224 g/mol. The normalized spacial score (nSPS) is 12.6. The van der Waals surface area contributed by atoms with E-state index >= 15 is 0 Å². The molecule has 0 heterocycles. The van der Waals surface area contributed by atoms with Crippen molar-refractivity contribution in [2.24, 2.45) is 0 Å². The number of carbonyl (C=O) groups is 1. The Balaban J connectivity index is 3.83. The summed E-state index contributed by atoms with van der Waals surface area (Å²) in [5, 5.41) is 0. The minimum atomic E-state index is -1.11. The lowest BCUT2D eigenvalue weighted by atomic mass is 10.1. The number of rotatable bonds is 6. The van der Waals surface area contributed by atoms with Gasteiger partial charge in [0.1, 0.15) is 6.10 Å². The molecule has 0 aromatic heterocycles. The molecule has 0 fully saturated rings. The molecule has 0 aliphatic carbocycles. The van der Waals surface area contributed by atoms with Crippen LogP contribution in [-0.2, 0) is 9.53 Å². The number of halogens is 2. The second kappa shape index (κ2) is 7.22. The first-order chi connectivity index (χ1) is 6.11. The van der Waals surface area contributed by atoms with Crippen LogP contribution in [0.1, 0.15) is 26.2 Å². The first-order valence-corrected chi connectivity index (χ1v) is 5.10. The number of alkyl halides is 2. The van der Waals surface area contributed by atoms with Gasteiger partial charge in [0, 0.05) is 0 Å². The second-order valence-electron chi connectivity index (χ2n) is 2.65. The summed E-state index contributed by atoms with van der Waals surface area (Å²) in [7, 11) is 0. The van der Waals surface area contributed by atoms with Crippen LogP contribution in [0.5, 0.6) is 0 Å². The summed E-state index contributed by atoms with van der Waals surface area (Å²) in [6.07, 6.45) is 4.12. The standard InChI is InChI=1S/C9H14Cl2O2/c1-3-5-6-7(4-2)13-9(12)8(10)11/h4,7-8H,2-3,5-6H2,1H3. The Morgan fingerprint density at radius 2 is 2.23 bits per heavy atom. The highest BCUT2D eigenvalue weighted by molar-refractivity contribution is 6.52. The highest BCUT2D eigenvalue weighted by Crippen LogP contribution is 2.11. The highest BCUT2D eigenvalue weighted by atomic mass is 35.5. The van der Waals surface area contributed by atoms with E-state index in [1.54, 1.807) is 6.08 Å².